The molecule has 1 aliphatic heterocycles. The molecule has 2 saturated carbocycles. The van der Waals surface area contributed by atoms with Crippen molar-refractivity contribution in [1.29, 1.82) is 0 Å². The van der Waals surface area contributed by atoms with Crippen LogP contribution in [0.25, 0.3) is 0 Å². The van der Waals surface area contributed by atoms with Crippen LogP contribution in [-0.2, 0) is 10.0 Å². The third-order valence-electron chi connectivity index (χ3n) is 6.52. The Morgan fingerprint density at radius 1 is 1.08 bits per heavy atom. The molecule has 2 fully saturated rings. The first-order valence-electron chi connectivity index (χ1n) is 9.99. The lowest BCUT2D eigenvalue weighted by atomic mass is 9.78. The monoisotopic (exact) mass is 371 g/mol. The van der Waals surface area contributed by atoms with Crippen molar-refractivity contribution in [2.75, 3.05) is 5.75 Å². The van der Waals surface area contributed by atoms with Crippen molar-refractivity contribution in [1.82, 2.24) is 0 Å². The van der Waals surface area contributed by atoms with Gasteiger partial charge in [-0.15, -0.1) is 11.8 Å². The van der Waals surface area contributed by atoms with Gasteiger partial charge in [-0.25, -0.2) is 8.42 Å². The summed E-state index contributed by atoms with van der Waals surface area (Å²) >= 11 is 1.78. The van der Waals surface area contributed by atoms with Gasteiger partial charge in [0.05, 0.1) is 10.3 Å². The summed E-state index contributed by atoms with van der Waals surface area (Å²) in [5.74, 6) is 3.30. The van der Waals surface area contributed by atoms with Gasteiger partial charge in [0.25, 0.3) is 10.0 Å². The van der Waals surface area contributed by atoms with Crippen molar-refractivity contribution >= 4 is 26.8 Å². The van der Waals surface area contributed by atoms with Crippen LogP contribution >= 0.6 is 11.8 Å². The number of nitrogens with zero attached hydrogens (tertiary/aromatic N) is 1. The first-order valence-corrected chi connectivity index (χ1v) is 12.5. The minimum absolute atomic E-state index is 0.194. The Kier molecular flexibility index (Phi) is 6.34. The third-order valence-corrected chi connectivity index (χ3v) is 9.72. The highest BCUT2D eigenvalue weighted by Gasteiger charge is 2.45. The highest BCUT2D eigenvalue weighted by Crippen LogP contribution is 2.44. The molecule has 24 heavy (non-hydrogen) atoms. The SMILES string of the molecule is CCCC1C(SCC2CCCCC2C)=NS(=O)(=O)C2CCCCC12. The smallest absolute Gasteiger partial charge is 0.204 e. The molecule has 5 atom stereocenters. The van der Waals surface area contributed by atoms with E-state index in [1.165, 1.54) is 32.1 Å². The fourth-order valence-electron chi connectivity index (χ4n) is 5.01. The fourth-order valence-corrected chi connectivity index (χ4v) is 8.68. The molecule has 3 rings (SSSR count). The summed E-state index contributed by atoms with van der Waals surface area (Å²) in [7, 11) is -3.28. The molecular weight excluding hydrogens is 338 g/mol. The second-order valence-electron chi connectivity index (χ2n) is 8.16. The van der Waals surface area contributed by atoms with Gasteiger partial charge >= 0.3 is 0 Å². The Balaban J connectivity index is 1.76. The molecule has 0 saturated heterocycles. The summed E-state index contributed by atoms with van der Waals surface area (Å²) in [6, 6.07) is 0. The van der Waals surface area contributed by atoms with Crippen LogP contribution in [0.1, 0.15) is 78.1 Å². The number of fused-ring (bicyclic) bond motifs is 1. The Labute approximate surface area is 152 Å². The molecule has 0 bridgehead atoms. The zero-order chi connectivity index (χ0) is 17.2. The van der Waals surface area contributed by atoms with E-state index in [9.17, 15) is 8.42 Å². The first kappa shape index (κ1) is 18.8. The van der Waals surface area contributed by atoms with Crippen molar-refractivity contribution in [2.45, 2.75) is 83.3 Å². The zero-order valence-corrected chi connectivity index (χ0v) is 16.9. The summed E-state index contributed by atoms with van der Waals surface area (Å²) in [6.45, 7) is 4.58. The standard InChI is InChI=1S/C19H33NO2S2/c1-3-8-17-16-11-6-7-12-18(16)24(21,22)20-19(17)23-13-15-10-5-4-9-14(15)2/h14-18H,3-13H2,1-2H3. The summed E-state index contributed by atoms with van der Waals surface area (Å²) < 4.78 is 29.7. The highest BCUT2D eigenvalue weighted by atomic mass is 32.2. The summed E-state index contributed by atoms with van der Waals surface area (Å²) in [6.07, 6.45) is 11.7. The Bertz CT molecular complexity index is 558. The average Bonchev–Trinajstić information content (AvgIpc) is 2.57. The van der Waals surface area contributed by atoms with E-state index in [1.807, 2.05) is 0 Å². The predicted octanol–water partition coefficient (Wildman–Crippen LogP) is 5.26. The molecule has 0 radical (unpaired) electrons. The number of hydrogen-bond acceptors (Lipinski definition) is 3. The second kappa shape index (κ2) is 8.11. The van der Waals surface area contributed by atoms with Gasteiger partial charge in [0.1, 0.15) is 0 Å². The van der Waals surface area contributed by atoms with Crippen LogP contribution < -0.4 is 0 Å². The number of hydrogen-bond donors (Lipinski definition) is 0. The molecule has 3 nitrogen and oxygen atoms in total. The molecule has 138 valence electrons. The topological polar surface area (TPSA) is 46.5 Å². The molecule has 5 unspecified atom stereocenters. The van der Waals surface area contributed by atoms with Gasteiger partial charge in [-0.2, -0.15) is 4.40 Å². The van der Waals surface area contributed by atoms with Crippen LogP contribution in [0.15, 0.2) is 4.40 Å². The van der Waals surface area contributed by atoms with Crippen LogP contribution in [0.3, 0.4) is 0 Å². The summed E-state index contributed by atoms with van der Waals surface area (Å²) in [4.78, 5) is 0. The molecule has 0 aromatic rings. The Hall–Kier alpha value is -0.0300. The summed E-state index contributed by atoms with van der Waals surface area (Å²) in [5.41, 5.74) is 0. The van der Waals surface area contributed by atoms with Crippen LogP contribution in [0.4, 0.5) is 0 Å². The van der Waals surface area contributed by atoms with E-state index in [0.29, 0.717) is 11.8 Å². The molecular formula is C19H33NO2S2. The van der Waals surface area contributed by atoms with Crippen molar-refractivity contribution in [2.24, 2.45) is 28.1 Å². The van der Waals surface area contributed by atoms with E-state index < -0.39 is 10.0 Å². The number of thioether (sulfide) groups is 1. The summed E-state index contributed by atoms with van der Waals surface area (Å²) in [5, 5.41) is 0.763. The fraction of sp³-hybridized carbons (Fsp3) is 0.947. The van der Waals surface area contributed by atoms with E-state index in [0.717, 1.165) is 54.7 Å². The lowest BCUT2D eigenvalue weighted by Gasteiger charge is -2.40. The van der Waals surface area contributed by atoms with Gasteiger partial charge in [0.2, 0.25) is 0 Å². The number of rotatable bonds is 4. The van der Waals surface area contributed by atoms with Gasteiger partial charge in [-0.3, -0.25) is 0 Å². The maximum atomic E-state index is 12.7. The highest BCUT2D eigenvalue weighted by molar-refractivity contribution is 8.14. The predicted molar refractivity (Wildman–Crippen MR) is 104 cm³/mol. The van der Waals surface area contributed by atoms with Crippen molar-refractivity contribution in [3.8, 4) is 0 Å². The lowest BCUT2D eigenvalue weighted by Crippen LogP contribution is -2.43. The molecule has 2 aliphatic carbocycles. The quantitative estimate of drug-likeness (QED) is 0.677. The molecule has 0 aromatic heterocycles. The molecule has 0 N–H and O–H groups in total. The minimum Gasteiger partial charge on any atom is -0.204 e. The molecule has 0 amide bonds. The van der Waals surface area contributed by atoms with Crippen molar-refractivity contribution < 1.29 is 8.42 Å². The maximum absolute atomic E-state index is 12.7. The normalized spacial score (nSPS) is 39.1. The molecule has 1 heterocycles. The second-order valence-corrected chi connectivity index (χ2v) is 11.0. The van der Waals surface area contributed by atoms with Gasteiger partial charge < -0.3 is 0 Å². The van der Waals surface area contributed by atoms with Gasteiger partial charge in [0, 0.05) is 11.7 Å². The van der Waals surface area contributed by atoms with Gasteiger partial charge in [0.15, 0.2) is 0 Å². The van der Waals surface area contributed by atoms with E-state index >= 15 is 0 Å². The van der Waals surface area contributed by atoms with Crippen molar-refractivity contribution in [3.05, 3.63) is 0 Å². The first-order chi connectivity index (χ1) is 11.5. The van der Waals surface area contributed by atoms with Crippen LogP contribution in [0, 0.1) is 23.7 Å². The molecule has 3 aliphatic rings. The van der Waals surface area contributed by atoms with E-state index in [2.05, 4.69) is 18.2 Å². The zero-order valence-electron chi connectivity index (χ0n) is 15.2. The van der Waals surface area contributed by atoms with E-state index in [1.54, 1.807) is 11.8 Å². The molecule has 0 spiro atoms. The van der Waals surface area contributed by atoms with Crippen LogP contribution in [0.2, 0.25) is 0 Å². The van der Waals surface area contributed by atoms with Crippen molar-refractivity contribution in [3.63, 3.8) is 0 Å². The maximum Gasteiger partial charge on any atom is 0.257 e. The van der Waals surface area contributed by atoms with E-state index in [4.69, 9.17) is 0 Å². The Morgan fingerprint density at radius 2 is 1.79 bits per heavy atom. The molecule has 5 heteroatoms. The molecule has 0 aromatic carbocycles. The van der Waals surface area contributed by atoms with Crippen LogP contribution in [0.5, 0.6) is 0 Å². The van der Waals surface area contributed by atoms with Crippen LogP contribution in [-0.4, -0.2) is 24.5 Å². The largest absolute Gasteiger partial charge is 0.257 e. The number of sulfonamides is 1. The Morgan fingerprint density at radius 3 is 2.54 bits per heavy atom. The van der Waals surface area contributed by atoms with Gasteiger partial charge in [-0.1, -0.05) is 52.4 Å². The van der Waals surface area contributed by atoms with Gasteiger partial charge in [-0.05, 0) is 43.4 Å². The lowest BCUT2D eigenvalue weighted by molar-refractivity contribution is 0.281. The average molecular weight is 372 g/mol. The minimum atomic E-state index is -3.28. The van der Waals surface area contributed by atoms with E-state index in [-0.39, 0.29) is 5.25 Å². The third kappa shape index (κ3) is 4.03.